The molecule has 1 aromatic heterocycles. The summed E-state index contributed by atoms with van der Waals surface area (Å²) < 4.78 is 13.1. The fourth-order valence-electron chi connectivity index (χ4n) is 3.89. The van der Waals surface area contributed by atoms with Gasteiger partial charge < -0.3 is 20.1 Å². The van der Waals surface area contributed by atoms with Gasteiger partial charge in [-0.3, -0.25) is 4.99 Å². The van der Waals surface area contributed by atoms with Crippen molar-refractivity contribution in [2.75, 3.05) is 20.2 Å². The van der Waals surface area contributed by atoms with Crippen molar-refractivity contribution in [2.45, 2.75) is 45.7 Å². The summed E-state index contributed by atoms with van der Waals surface area (Å²) in [5, 5.41) is 11.4. The second-order valence-electron chi connectivity index (χ2n) is 8.01. The second-order valence-corrected chi connectivity index (χ2v) is 8.01. The smallest absolute Gasteiger partial charge is 0.191 e. The maximum absolute atomic E-state index is 5.91. The van der Waals surface area contributed by atoms with Gasteiger partial charge in [-0.25, -0.2) is 9.67 Å². The fourth-order valence-corrected chi connectivity index (χ4v) is 3.89. The van der Waals surface area contributed by atoms with Gasteiger partial charge in [0, 0.05) is 19.6 Å². The minimum Gasteiger partial charge on any atom is -0.497 e. The zero-order chi connectivity index (χ0) is 23.0. The van der Waals surface area contributed by atoms with E-state index in [1.54, 1.807) is 7.11 Å². The van der Waals surface area contributed by atoms with Crippen LogP contribution in [-0.2, 0) is 13.0 Å². The lowest BCUT2D eigenvalue weighted by molar-refractivity contribution is 0.397. The lowest BCUT2D eigenvalue weighted by Crippen LogP contribution is -2.41. The van der Waals surface area contributed by atoms with Crippen LogP contribution in [0.25, 0.3) is 0 Å². The van der Waals surface area contributed by atoms with Crippen molar-refractivity contribution in [1.82, 2.24) is 25.4 Å². The van der Waals surface area contributed by atoms with Crippen LogP contribution in [0.1, 0.15) is 43.0 Å². The van der Waals surface area contributed by atoms with Gasteiger partial charge in [-0.2, -0.15) is 5.10 Å². The van der Waals surface area contributed by atoms with Crippen molar-refractivity contribution in [1.29, 1.82) is 0 Å². The van der Waals surface area contributed by atoms with Crippen LogP contribution in [0.2, 0.25) is 0 Å². The molecule has 1 aliphatic heterocycles. The summed E-state index contributed by atoms with van der Waals surface area (Å²) in [4.78, 5) is 9.39. The Morgan fingerprint density at radius 2 is 1.79 bits per heavy atom. The molecular formula is C25H32N6O2. The average Bonchev–Trinajstić information content (AvgIpc) is 3.22. The summed E-state index contributed by atoms with van der Waals surface area (Å²) >= 11 is 0. The van der Waals surface area contributed by atoms with Crippen molar-refractivity contribution in [3.05, 3.63) is 65.7 Å². The number of nitrogens with zero attached hydrogens (tertiary/aromatic N) is 4. The molecule has 0 saturated heterocycles. The predicted molar refractivity (Wildman–Crippen MR) is 129 cm³/mol. The van der Waals surface area contributed by atoms with Crippen molar-refractivity contribution in [3.63, 3.8) is 0 Å². The minimum absolute atomic E-state index is 0.132. The first-order chi connectivity index (χ1) is 16.1. The number of ether oxygens (including phenoxy) is 2. The van der Waals surface area contributed by atoms with E-state index in [1.807, 2.05) is 48.0 Å². The Morgan fingerprint density at radius 3 is 2.48 bits per heavy atom. The average molecular weight is 449 g/mol. The number of aromatic nitrogens is 3. The first-order valence-electron chi connectivity index (χ1n) is 11.5. The van der Waals surface area contributed by atoms with Gasteiger partial charge >= 0.3 is 0 Å². The summed E-state index contributed by atoms with van der Waals surface area (Å²) in [6.07, 6.45) is 2.95. The molecule has 4 rings (SSSR count). The highest BCUT2D eigenvalue weighted by atomic mass is 16.5. The highest BCUT2D eigenvalue weighted by Gasteiger charge is 2.24. The zero-order valence-corrected chi connectivity index (χ0v) is 19.5. The molecule has 0 amide bonds. The van der Waals surface area contributed by atoms with E-state index >= 15 is 0 Å². The van der Waals surface area contributed by atoms with E-state index in [0.29, 0.717) is 6.54 Å². The number of hydrogen-bond donors (Lipinski definition) is 2. The monoisotopic (exact) mass is 448 g/mol. The Kier molecular flexibility index (Phi) is 7.44. The number of fused-ring (bicyclic) bond motifs is 1. The third-order valence-corrected chi connectivity index (χ3v) is 5.52. The topological polar surface area (TPSA) is 85.6 Å². The summed E-state index contributed by atoms with van der Waals surface area (Å²) in [5.74, 6) is 5.03. The lowest BCUT2D eigenvalue weighted by Gasteiger charge is -2.25. The van der Waals surface area contributed by atoms with Crippen LogP contribution in [0, 0.1) is 6.92 Å². The maximum Gasteiger partial charge on any atom is 0.191 e. The number of rotatable bonds is 8. The third kappa shape index (κ3) is 6.03. The van der Waals surface area contributed by atoms with Gasteiger partial charge in [-0.15, -0.1) is 0 Å². The molecule has 0 saturated carbocycles. The highest BCUT2D eigenvalue weighted by Crippen LogP contribution is 2.24. The Morgan fingerprint density at radius 1 is 1.09 bits per heavy atom. The molecule has 1 aliphatic rings. The van der Waals surface area contributed by atoms with Crippen LogP contribution in [-0.4, -0.2) is 40.9 Å². The largest absolute Gasteiger partial charge is 0.497 e. The molecule has 2 heterocycles. The molecule has 8 nitrogen and oxygen atoms in total. The molecule has 0 radical (unpaired) electrons. The van der Waals surface area contributed by atoms with E-state index in [9.17, 15) is 0 Å². The zero-order valence-electron chi connectivity index (χ0n) is 19.5. The van der Waals surface area contributed by atoms with Gasteiger partial charge in [-0.1, -0.05) is 12.1 Å². The Hall–Kier alpha value is -3.55. The quantitative estimate of drug-likeness (QED) is 0.400. The molecule has 8 heteroatoms. The third-order valence-electron chi connectivity index (χ3n) is 5.52. The molecule has 0 aliphatic carbocycles. The van der Waals surface area contributed by atoms with Gasteiger partial charge in [-0.05, 0) is 75.1 Å². The van der Waals surface area contributed by atoms with Crippen molar-refractivity contribution in [2.24, 2.45) is 4.99 Å². The van der Waals surface area contributed by atoms with E-state index in [0.717, 1.165) is 67.2 Å². The SMILES string of the molecule is CCNC(=NCCc1ccc(Oc2ccc(OC)cc2)cc1)NC1CCCn2nc(C)nc21. The number of benzene rings is 2. The first-order valence-corrected chi connectivity index (χ1v) is 11.5. The standard InChI is InChI=1S/C25H32N6O2/c1-4-26-25(29-23-6-5-17-31-24(23)28-18(2)30-31)27-16-15-19-7-9-21(10-8-19)33-22-13-11-20(32-3)12-14-22/h7-14,23H,4-6,15-17H2,1-3H3,(H2,26,27,29). The van der Waals surface area contributed by atoms with Crippen LogP contribution in [0.3, 0.4) is 0 Å². The van der Waals surface area contributed by atoms with Gasteiger partial charge in [0.05, 0.1) is 13.2 Å². The fraction of sp³-hybridized carbons (Fsp3) is 0.400. The molecule has 33 heavy (non-hydrogen) atoms. The number of aryl methyl sites for hydroxylation is 2. The molecule has 0 bridgehead atoms. The number of methoxy groups -OCH3 is 1. The molecule has 1 unspecified atom stereocenters. The molecular weight excluding hydrogens is 416 g/mol. The molecule has 2 aromatic carbocycles. The van der Waals surface area contributed by atoms with E-state index in [2.05, 4.69) is 39.8 Å². The van der Waals surface area contributed by atoms with Crippen LogP contribution in [0.15, 0.2) is 53.5 Å². The Bertz CT molecular complexity index is 1060. The summed E-state index contributed by atoms with van der Waals surface area (Å²) in [5.41, 5.74) is 1.21. The lowest BCUT2D eigenvalue weighted by atomic mass is 10.1. The summed E-state index contributed by atoms with van der Waals surface area (Å²) in [6.45, 7) is 6.44. The molecule has 1 atom stereocenters. The number of hydrogen-bond acceptors (Lipinski definition) is 5. The number of nitrogens with one attached hydrogen (secondary N) is 2. The second kappa shape index (κ2) is 10.8. The van der Waals surface area contributed by atoms with Crippen LogP contribution in [0.5, 0.6) is 17.2 Å². The maximum atomic E-state index is 5.91. The Balaban J connectivity index is 1.32. The van der Waals surface area contributed by atoms with Crippen molar-refractivity contribution >= 4 is 5.96 Å². The van der Waals surface area contributed by atoms with Crippen LogP contribution < -0.4 is 20.1 Å². The summed E-state index contributed by atoms with van der Waals surface area (Å²) in [6, 6.07) is 15.8. The molecule has 3 aromatic rings. The molecule has 174 valence electrons. The molecule has 0 spiro atoms. The Labute approximate surface area is 195 Å². The van der Waals surface area contributed by atoms with Gasteiger partial charge in [0.15, 0.2) is 5.96 Å². The highest BCUT2D eigenvalue weighted by molar-refractivity contribution is 5.80. The number of guanidine groups is 1. The van der Waals surface area contributed by atoms with Gasteiger partial charge in [0.1, 0.15) is 28.9 Å². The van der Waals surface area contributed by atoms with Crippen LogP contribution >= 0.6 is 0 Å². The van der Waals surface area contributed by atoms with Crippen molar-refractivity contribution in [3.8, 4) is 17.2 Å². The normalized spacial score (nSPS) is 15.6. The van der Waals surface area contributed by atoms with Crippen molar-refractivity contribution < 1.29 is 9.47 Å². The van der Waals surface area contributed by atoms with E-state index < -0.39 is 0 Å². The minimum atomic E-state index is 0.132. The van der Waals surface area contributed by atoms with E-state index in [-0.39, 0.29) is 6.04 Å². The molecule has 2 N–H and O–H groups in total. The van der Waals surface area contributed by atoms with Gasteiger partial charge in [0.25, 0.3) is 0 Å². The predicted octanol–water partition coefficient (Wildman–Crippen LogP) is 4.02. The number of aliphatic imine (C=N–C) groups is 1. The first kappa shape index (κ1) is 22.6. The molecule has 0 fully saturated rings. The van der Waals surface area contributed by atoms with Crippen LogP contribution in [0.4, 0.5) is 0 Å². The van der Waals surface area contributed by atoms with E-state index in [4.69, 9.17) is 14.5 Å². The van der Waals surface area contributed by atoms with E-state index in [1.165, 1.54) is 5.56 Å². The summed E-state index contributed by atoms with van der Waals surface area (Å²) in [7, 11) is 1.65. The van der Waals surface area contributed by atoms with Gasteiger partial charge in [0.2, 0.25) is 0 Å².